The molecule has 7 heteroatoms. The molecule has 4 aromatic rings. The summed E-state index contributed by atoms with van der Waals surface area (Å²) in [7, 11) is 0. The molecule has 3 aromatic heterocycles. The Morgan fingerprint density at radius 2 is 1.75 bits per heavy atom. The molecule has 0 radical (unpaired) electrons. The molecule has 0 fully saturated rings. The van der Waals surface area contributed by atoms with Gasteiger partial charge in [0.2, 0.25) is 0 Å². The van der Waals surface area contributed by atoms with Crippen LogP contribution >= 0.6 is 11.8 Å². The van der Waals surface area contributed by atoms with Crippen molar-refractivity contribution < 1.29 is 0 Å². The maximum atomic E-state index is 4.56. The van der Waals surface area contributed by atoms with Gasteiger partial charge >= 0.3 is 0 Å². The van der Waals surface area contributed by atoms with E-state index in [-0.39, 0.29) is 0 Å². The van der Waals surface area contributed by atoms with Gasteiger partial charge in [0, 0.05) is 24.0 Å². The summed E-state index contributed by atoms with van der Waals surface area (Å²) in [6.07, 6.45) is 5.27. The Morgan fingerprint density at radius 1 is 0.958 bits per heavy atom. The third-order valence-electron chi connectivity index (χ3n) is 3.49. The lowest BCUT2D eigenvalue weighted by molar-refractivity contribution is 0.828. The van der Waals surface area contributed by atoms with Crippen LogP contribution in [0.2, 0.25) is 0 Å². The number of fused-ring (bicyclic) bond motifs is 1. The van der Waals surface area contributed by atoms with E-state index >= 15 is 0 Å². The van der Waals surface area contributed by atoms with E-state index in [1.54, 1.807) is 24.7 Å². The molecule has 0 spiro atoms. The molecule has 24 heavy (non-hydrogen) atoms. The van der Waals surface area contributed by atoms with E-state index in [1.165, 1.54) is 11.8 Å². The predicted molar refractivity (Wildman–Crippen MR) is 93.0 cm³/mol. The lowest BCUT2D eigenvalue weighted by Gasteiger charge is -2.08. The average Bonchev–Trinajstić information content (AvgIpc) is 3.01. The molecule has 0 aliphatic heterocycles. The van der Waals surface area contributed by atoms with Gasteiger partial charge in [-0.05, 0) is 25.1 Å². The Balaban J connectivity index is 1.73. The van der Waals surface area contributed by atoms with Crippen LogP contribution in [-0.2, 0) is 5.75 Å². The van der Waals surface area contributed by atoms with E-state index < -0.39 is 0 Å². The van der Waals surface area contributed by atoms with Gasteiger partial charge in [-0.25, -0.2) is 19.6 Å². The summed E-state index contributed by atoms with van der Waals surface area (Å²) >= 11 is 1.54. The standard InChI is InChI=1S/C17H14N6S/c1-12-21-15(11-24-17-19-9-4-10-20-17)23(22-12)14-7-2-5-13-6-3-8-18-16(13)14/h2-10H,11H2,1H3. The van der Waals surface area contributed by atoms with E-state index in [1.807, 2.05) is 41.9 Å². The Morgan fingerprint density at radius 3 is 2.62 bits per heavy atom. The third-order valence-corrected chi connectivity index (χ3v) is 4.36. The molecule has 0 bridgehead atoms. The first-order valence-corrected chi connectivity index (χ1v) is 8.46. The van der Waals surface area contributed by atoms with E-state index in [9.17, 15) is 0 Å². The molecular weight excluding hydrogens is 320 g/mol. The van der Waals surface area contributed by atoms with Gasteiger partial charge in [0.15, 0.2) is 5.16 Å². The summed E-state index contributed by atoms with van der Waals surface area (Å²) in [5.74, 6) is 2.21. The number of para-hydroxylation sites is 1. The molecule has 0 saturated carbocycles. The largest absolute Gasteiger partial charge is 0.254 e. The number of hydrogen-bond donors (Lipinski definition) is 0. The highest BCUT2D eigenvalue weighted by Crippen LogP contribution is 2.23. The van der Waals surface area contributed by atoms with Crippen LogP contribution in [0.15, 0.2) is 60.1 Å². The van der Waals surface area contributed by atoms with Gasteiger partial charge in [0.25, 0.3) is 0 Å². The van der Waals surface area contributed by atoms with Gasteiger partial charge in [-0.3, -0.25) is 4.98 Å². The highest BCUT2D eigenvalue weighted by molar-refractivity contribution is 7.98. The number of pyridine rings is 1. The molecule has 0 unspecified atom stereocenters. The number of hydrogen-bond acceptors (Lipinski definition) is 6. The van der Waals surface area contributed by atoms with Gasteiger partial charge < -0.3 is 0 Å². The number of benzene rings is 1. The molecule has 0 aliphatic carbocycles. The summed E-state index contributed by atoms with van der Waals surface area (Å²) in [5, 5.41) is 6.35. The van der Waals surface area contributed by atoms with Crippen molar-refractivity contribution in [2.75, 3.05) is 0 Å². The number of nitrogens with zero attached hydrogens (tertiary/aromatic N) is 6. The number of aromatic nitrogens is 6. The fourth-order valence-corrected chi connectivity index (χ4v) is 3.21. The van der Waals surface area contributed by atoms with E-state index in [0.717, 1.165) is 33.4 Å². The van der Waals surface area contributed by atoms with Crippen LogP contribution in [0, 0.1) is 6.92 Å². The molecule has 0 saturated heterocycles. The number of rotatable bonds is 4. The number of thioether (sulfide) groups is 1. The second-order valence-electron chi connectivity index (χ2n) is 5.16. The highest BCUT2D eigenvalue weighted by atomic mass is 32.2. The zero-order chi connectivity index (χ0) is 16.4. The predicted octanol–water partition coefficient (Wildman–Crippen LogP) is 3.21. The molecule has 4 rings (SSSR count). The highest BCUT2D eigenvalue weighted by Gasteiger charge is 2.13. The fraction of sp³-hybridized carbons (Fsp3) is 0.118. The Hall–Kier alpha value is -2.80. The minimum Gasteiger partial charge on any atom is -0.254 e. The van der Waals surface area contributed by atoms with Crippen molar-refractivity contribution in [1.29, 1.82) is 0 Å². The first-order valence-electron chi connectivity index (χ1n) is 7.48. The summed E-state index contributed by atoms with van der Waals surface area (Å²) in [5.41, 5.74) is 1.84. The molecule has 1 aromatic carbocycles. The summed E-state index contributed by atoms with van der Waals surface area (Å²) in [6, 6.07) is 11.8. The maximum absolute atomic E-state index is 4.56. The van der Waals surface area contributed by atoms with Crippen LogP contribution in [0.5, 0.6) is 0 Å². The van der Waals surface area contributed by atoms with Crippen LogP contribution in [0.1, 0.15) is 11.6 Å². The monoisotopic (exact) mass is 334 g/mol. The first kappa shape index (κ1) is 14.8. The third kappa shape index (κ3) is 2.85. The first-order chi connectivity index (χ1) is 11.8. The van der Waals surface area contributed by atoms with Gasteiger partial charge in [-0.15, -0.1) is 0 Å². The van der Waals surface area contributed by atoms with E-state index in [2.05, 4.69) is 25.0 Å². The Bertz CT molecular complexity index is 977. The van der Waals surface area contributed by atoms with Crippen LogP contribution < -0.4 is 0 Å². The molecule has 0 aliphatic rings. The zero-order valence-corrected chi connectivity index (χ0v) is 13.8. The summed E-state index contributed by atoms with van der Waals surface area (Å²) in [4.78, 5) is 17.5. The van der Waals surface area contributed by atoms with Crippen molar-refractivity contribution in [2.45, 2.75) is 17.8 Å². The summed E-state index contributed by atoms with van der Waals surface area (Å²) < 4.78 is 1.86. The Kier molecular flexibility index (Phi) is 3.92. The molecule has 118 valence electrons. The van der Waals surface area contributed by atoms with Crippen LogP contribution in [-0.4, -0.2) is 29.7 Å². The Labute approximate surface area is 143 Å². The van der Waals surface area contributed by atoms with Crippen molar-refractivity contribution in [3.8, 4) is 5.69 Å². The quantitative estimate of drug-likeness (QED) is 0.422. The normalized spacial score (nSPS) is 11.0. The van der Waals surface area contributed by atoms with Crippen molar-refractivity contribution in [3.05, 3.63) is 66.6 Å². The lowest BCUT2D eigenvalue weighted by Crippen LogP contribution is -2.04. The topological polar surface area (TPSA) is 69.4 Å². The van der Waals surface area contributed by atoms with Gasteiger partial charge in [0.1, 0.15) is 11.6 Å². The molecule has 3 heterocycles. The second kappa shape index (κ2) is 6.37. The van der Waals surface area contributed by atoms with Crippen molar-refractivity contribution >= 4 is 22.7 Å². The zero-order valence-electron chi connectivity index (χ0n) is 13.0. The molecular formula is C17H14N6S. The molecule has 0 N–H and O–H groups in total. The summed E-state index contributed by atoms with van der Waals surface area (Å²) in [6.45, 7) is 1.89. The van der Waals surface area contributed by atoms with Gasteiger partial charge in [-0.1, -0.05) is 30.0 Å². The minimum atomic E-state index is 0.633. The molecule has 0 atom stereocenters. The average molecular weight is 334 g/mol. The number of aryl methyl sites for hydroxylation is 1. The SMILES string of the molecule is Cc1nc(CSc2ncccn2)n(-c2cccc3cccnc23)n1. The van der Waals surface area contributed by atoms with Crippen molar-refractivity contribution in [1.82, 2.24) is 29.7 Å². The van der Waals surface area contributed by atoms with Gasteiger partial charge in [-0.2, -0.15) is 5.10 Å². The van der Waals surface area contributed by atoms with Crippen molar-refractivity contribution in [2.24, 2.45) is 0 Å². The van der Waals surface area contributed by atoms with Crippen LogP contribution in [0.3, 0.4) is 0 Å². The minimum absolute atomic E-state index is 0.633. The van der Waals surface area contributed by atoms with Gasteiger partial charge in [0.05, 0.1) is 17.0 Å². The van der Waals surface area contributed by atoms with E-state index in [4.69, 9.17) is 0 Å². The van der Waals surface area contributed by atoms with Crippen molar-refractivity contribution in [3.63, 3.8) is 0 Å². The lowest BCUT2D eigenvalue weighted by atomic mass is 10.2. The smallest absolute Gasteiger partial charge is 0.187 e. The van der Waals surface area contributed by atoms with Crippen LogP contribution in [0.25, 0.3) is 16.6 Å². The molecule has 6 nitrogen and oxygen atoms in total. The fourth-order valence-electron chi connectivity index (χ4n) is 2.49. The van der Waals surface area contributed by atoms with Crippen LogP contribution in [0.4, 0.5) is 0 Å². The maximum Gasteiger partial charge on any atom is 0.187 e. The second-order valence-corrected chi connectivity index (χ2v) is 6.10. The molecule has 0 amide bonds. The van der Waals surface area contributed by atoms with E-state index in [0.29, 0.717) is 5.75 Å².